The predicted octanol–water partition coefficient (Wildman–Crippen LogP) is 2.45. The van der Waals surface area contributed by atoms with E-state index in [1.54, 1.807) is 43.9 Å². The fraction of sp³-hybridized carbons (Fsp3) is 0.560. The van der Waals surface area contributed by atoms with E-state index in [1.807, 2.05) is 29.2 Å². The molecule has 1 saturated heterocycles. The summed E-state index contributed by atoms with van der Waals surface area (Å²) in [6, 6.07) is 11.1. The van der Waals surface area contributed by atoms with Crippen LogP contribution >= 0.6 is 15.9 Å². The number of amides is 4. The lowest BCUT2D eigenvalue weighted by Gasteiger charge is -2.32. The Balaban J connectivity index is 1.48. The van der Waals surface area contributed by atoms with Crippen LogP contribution in [0, 0.1) is 0 Å². The van der Waals surface area contributed by atoms with Crippen molar-refractivity contribution in [2.75, 3.05) is 85.1 Å². The van der Waals surface area contributed by atoms with Crippen molar-refractivity contribution in [1.82, 2.24) is 40.4 Å². The zero-order chi connectivity index (χ0) is 54.6. The molecule has 1 aliphatic rings. The third-order valence-electron chi connectivity index (χ3n) is 12.3. The Morgan fingerprint density at radius 2 is 1.04 bits per heavy atom. The van der Waals surface area contributed by atoms with Gasteiger partial charge in [-0.1, -0.05) is 58.7 Å². The summed E-state index contributed by atoms with van der Waals surface area (Å²) in [6.07, 6.45) is 2.46. The molecule has 3 rings (SSSR count). The summed E-state index contributed by atoms with van der Waals surface area (Å²) >= 11 is 3.42. The van der Waals surface area contributed by atoms with Crippen LogP contribution in [0.5, 0.6) is 0 Å². The number of hydrogen-bond acceptors (Lipinski definition) is 14. The molecular weight excluding hydrogens is 1030 g/mol. The van der Waals surface area contributed by atoms with E-state index < -0.39 is 53.7 Å². The number of halogens is 1. The number of Topliss-reactive ketones (excluding diaryl/α,β-unsaturated/α-hetero) is 2. The molecule has 0 unspecified atom stereocenters. The Bertz CT molecular complexity index is 2170. The fourth-order valence-corrected chi connectivity index (χ4v) is 8.37. The molecule has 408 valence electrons. The second-order valence-corrected chi connectivity index (χ2v) is 19.2. The highest BCUT2D eigenvalue weighted by Crippen LogP contribution is 2.17. The van der Waals surface area contributed by atoms with Crippen LogP contribution in [0.3, 0.4) is 0 Å². The van der Waals surface area contributed by atoms with Gasteiger partial charge in [-0.15, -0.1) is 0 Å². The summed E-state index contributed by atoms with van der Waals surface area (Å²) in [7, 11) is 0. The molecule has 0 aliphatic carbocycles. The number of carboxylic acids is 5. The second-order valence-electron chi connectivity index (χ2n) is 18.3. The first kappa shape index (κ1) is 62.0. The lowest BCUT2D eigenvalue weighted by Crippen LogP contribution is -2.50. The first-order valence-electron chi connectivity index (χ1n) is 24.6. The lowest BCUT2D eigenvalue weighted by atomic mass is 10.0. The van der Waals surface area contributed by atoms with Crippen molar-refractivity contribution in [2.24, 2.45) is 0 Å². The van der Waals surface area contributed by atoms with Gasteiger partial charge in [-0.25, -0.2) is 9.59 Å². The number of nitrogens with zero attached hydrogens (tertiary/aromatic N) is 5. The number of hydrogen-bond donors (Lipinski definition) is 8. The number of rotatable bonds is 31. The molecule has 2 atom stereocenters. The molecule has 0 radical (unpaired) electrons. The van der Waals surface area contributed by atoms with Crippen LogP contribution in [0.4, 0.5) is 4.79 Å². The van der Waals surface area contributed by atoms with Crippen molar-refractivity contribution in [3.63, 3.8) is 0 Å². The number of ketones is 2. The zero-order valence-electron chi connectivity index (χ0n) is 41.9. The van der Waals surface area contributed by atoms with Crippen LogP contribution in [-0.2, 0) is 51.4 Å². The van der Waals surface area contributed by atoms with E-state index in [0.717, 1.165) is 15.6 Å². The Morgan fingerprint density at radius 1 is 0.554 bits per heavy atom. The summed E-state index contributed by atoms with van der Waals surface area (Å²) in [4.78, 5) is 130. The normalized spacial score (nSPS) is 15.1. The average Bonchev–Trinajstić information content (AvgIpc) is 3.33. The van der Waals surface area contributed by atoms with E-state index in [4.69, 9.17) is 5.11 Å². The van der Waals surface area contributed by atoms with Gasteiger partial charge < -0.3 is 46.4 Å². The van der Waals surface area contributed by atoms with Crippen LogP contribution < -0.4 is 16.0 Å². The summed E-state index contributed by atoms with van der Waals surface area (Å²) in [5, 5.41) is 54.6. The molecule has 0 bridgehead atoms. The molecule has 2 aromatic rings. The standard InChI is InChI=1S/C50H71BrN8O15/c1-35(60)40(18-19-45(64)65)53-50(74)54-41(49(72)73)7-5-6-20-59(30-37-12-16-39(51)17-13-37)44(63)9-4-2-3-8-42(61)38-14-10-36(11-15-38)29-52-43(62)31-55-21-23-56(32-46(66)67)25-27-58(34-48(70)71)28-26-57(24-22-55)33-47(68)69/h10-17,40-41H,2-9,18-34H2,1H3,(H,52,62)(H,64,65)(H,66,67)(H,68,69)(H,70,71)(H,72,73)(H2,53,54,74)/t40-,41-/m1/s1. The highest BCUT2D eigenvalue weighted by molar-refractivity contribution is 9.10. The van der Waals surface area contributed by atoms with Gasteiger partial charge in [0.1, 0.15) is 6.04 Å². The smallest absolute Gasteiger partial charge is 0.326 e. The van der Waals surface area contributed by atoms with Crippen molar-refractivity contribution < 1.29 is 73.5 Å². The molecule has 2 aromatic carbocycles. The van der Waals surface area contributed by atoms with Gasteiger partial charge >= 0.3 is 35.9 Å². The van der Waals surface area contributed by atoms with Gasteiger partial charge in [0.05, 0.1) is 32.2 Å². The van der Waals surface area contributed by atoms with Crippen LogP contribution in [0.15, 0.2) is 53.0 Å². The molecule has 24 heteroatoms. The van der Waals surface area contributed by atoms with Crippen LogP contribution in [0.2, 0.25) is 0 Å². The van der Waals surface area contributed by atoms with Crippen LogP contribution in [0.1, 0.15) is 92.6 Å². The molecule has 4 amide bonds. The van der Waals surface area contributed by atoms with Gasteiger partial charge in [-0.2, -0.15) is 0 Å². The zero-order valence-corrected chi connectivity index (χ0v) is 43.5. The van der Waals surface area contributed by atoms with Crippen LogP contribution in [0.25, 0.3) is 0 Å². The molecule has 74 heavy (non-hydrogen) atoms. The maximum atomic E-state index is 13.5. The maximum Gasteiger partial charge on any atom is 0.326 e. The van der Waals surface area contributed by atoms with Crippen molar-refractivity contribution in [3.05, 3.63) is 69.7 Å². The number of carbonyl (C=O) groups excluding carboxylic acids is 5. The molecule has 0 aromatic heterocycles. The largest absolute Gasteiger partial charge is 0.481 e. The molecule has 1 aliphatic heterocycles. The molecular formula is C50H71BrN8O15. The molecule has 23 nitrogen and oxygen atoms in total. The summed E-state index contributed by atoms with van der Waals surface area (Å²) < 4.78 is 0.872. The van der Waals surface area contributed by atoms with Gasteiger partial charge in [0, 0.05) is 101 Å². The first-order valence-corrected chi connectivity index (χ1v) is 25.4. The van der Waals surface area contributed by atoms with Crippen molar-refractivity contribution in [2.45, 2.75) is 96.3 Å². The van der Waals surface area contributed by atoms with Crippen molar-refractivity contribution in [3.8, 4) is 0 Å². The van der Waals surface area contributed by atoms with E-state index in [1.165, 1.54) is 6.92 Å². The maximum absolute atomic E-state index is 13.5. The molecule has 0 spiro atoms. The SMILES string of the molecule is CC(=O)[C@@H](CCC(=O)O)NC(=O)N[C@H](CCCCN(Cc1ccc(Br)cc1)C(=O)CCCCCC(=O)c1ccc(CNC(=O)CN2CCN(CC(=O)O)CCN(CC(=O)O)CCN(CC(=O)O)CC2)cc1)C(=O)O. The third kappa shape index (κ3) is 26.0. The molecule has 1 heterocycles. The average molecular weight is 1100 g/mol. The summed E-state index contributed by atoms with van der Waals surface area (Å²) in [6.45, 7) is 3.33. The summed E-state index contributed by atoms with van der Waals surface area (Å²) in [5.41, 5.74) is 2.13. The Morgan fingerprint density at radius 3 is 1.53 bits per heavy atom. The summed E-state index contributed by atoms with van der Waals surface area (Å²) in [5.74, 6) is -6.54. The molecule has 1 fully saturated rings. The van der Waals surface area contributed by atoms with E-state index in [2.05, 4.69) is 31.9 Å². The third-order valence-corrected chi connectivity index (χ3v) is 12.8. The number of carboxylic acid groups (broad SMARTS) is 5. The minimum absolute atomic E-state index is 0.0368. The monoisotopic (exact) mass is 1100 g/mol. The molecule has 0 saturated carbocycles. The van der Waals surface area contributed by atoms with Crippen LogP contribution in [-0.4, -0.2) is 206 Å². The number of benzene rings is 2. The Kier molecular flexibility index (Phi) is 28.0. The number of carbonyl (C=O) groups is 10. The van der Waals surface area contributed by atoms with E-state index in [0.29, 0.717) is 63.8 Å². The predicted molar refractivity (Wildman–Crippen MR) is 272 cm³/mol. The number of aliphatic carboxylic acids is 5. The molecule has 8 N–H and O–H groups in total. The van der Waals surface area contributed by atoms with E-state index >= 15 is 0 Å². The second kappa shape index (κ2) is 33.5. The highest BCUT2D eigenvalue weighted by atomic mass is 79.9. The first-order chi connectivity index (χ1) is 35.2. The number of nitrogens with one attached hydrogen (secondary N) is 3. The van der Waals surface area contributed by atoms with Gasteiger partial charge in [-0.3, -0.25) is 58.0 Å². The fourth-order valence-electron chi connectivity index (χ4n) is 8.11. The van der Waals surface area contributed by atoms with Gasteiger partial charge in [0.15, 0.2) is 11.6 Å². The van der Waals surface area contributed by atoms with Gasteiger partial charge in [-0.05, 0) is 68.7 Å². The van der Waals surface area contributed by atoms with E-state index in [9.17, 15) is 68.4 Å². The van der Waals surface area contributed by atoms with Gasteiger partial charge in [0.2, 0.25) is 11.8 Å². The lowest BCUT2D eigenvalue weighted by molar-refractivity contribution is -0.140. The minimum atomic E-state index is -1.29. The number of unbranched alkanes of at least 4 members (excludes halogenated alkanes) is 3. The number of urea groups is 1. The van der Waals surface area contributed by atoms with E-state index in [-0.39, 0.29) is 122 Å². The minimum Gasteiger partial charge on any atom is -0.481 e. The van der Waals surface area contributed by atoms with Crippen molar-refractivity contribution >= 4 is 75.2 Å². The Labute approximate surface area is 438 Å². The topological polar surface area (TPSA) is 324 Å². The van der Waals surface area contributed by atoms with Gasteiger partial charge in [0.25, 0.3) is 0 Å². The van der Waals surface area contributed by atoms with Crippen molar-refractivity contribution in [1.29, 1.82) is 0 Å². The Hall–Kier alpha value is -6.34. The highest BCUT2D eigenvalue weighted by Gasteiger charge is 2.25. The quantitative estimate of drug-likeness (QED) is 0.0397.